The zero-order valence-electron chi connectivity index (χ0n) is 17.3. The average molecular weight is 407 g/mol. The molecule has 156 valence electrons. The summed E-state index contributed by atoms with van der Waals surface area (Å²) in [6.07, 6.45) is 0. The Morgan fingerprint density at radius 1 is 0.833 bits per heavy atom. The highest BCUT2D eigenvalue weighted by Crippen LogP contribution is 2.24. The summed E-state index contributed by atoms with van der Waals surface area (Å²) >= 11 is 0. The van der Waals surface area contributed by atoms with E-state index in [9.17, 15) is 19.2 Å². The van der Waals surface area contributed by atoms with Crippen LogP contribution >= 0.6 is 0 Å². The third kappa shape index (κ3) is 4.25. The van der Waals surface area contributed by atoms with Crippen molar-refractivity contribution in [3.05, 3.63) is 70.8 Å². The van der Waals surface area contributed by atoms with Crippen LogP contribution in [0.4, 0.5) is 0 Å². The highest BCUT2D eigenvalue weighted by molar-refractivity contribution is 6.22. The minimum atomic E-state index is -0.948. The highest BCUT2D eigenvalue weighted by Gasteiger charge is 2.40. The van der Waals surface area contributed by atoms with Crippen molar-refractivity contribution in [3.63, 3.8) is 0 Å². The summed E-state index contributed by atoms with van der Waals surface area (Å²) in [6.45, 7) is 6.08. The Hall–Kier alpha value is -3.48. The Morgan fingerprint density at radius 3 is 1.90 bits per heavy atom. The Balaban J connectivity index is 1.48. The minimum Gasteiger partial charge on any atom is -0.353 e. The molecule has 1 heterocycles. The van der Waals surface area contributed by atoms with E-state index in [1.807, 2.05) is 12.1 Å². The van der Waals surface area contributed by atoms with E-state index in [1.54, 1.807) is 36.4 Å². The second-order valence-electron chi connectivity index (χ2n) is 7.53. The molecule has 0 spiro atoms. The summed E-state index contributed by atoms with van der Waals surface area (Å²) in [4.78, 5) is 50.5. The Morgan fingerprint density at radius 2 is 1.37 bits per heavy atom. The lowest BCUT2D eigenvalue weighted by Gasteiger charge is -2.21. The topological polar surface area (TPSA) is 95.6 Å². The van der Waals surface area contributed by atoms with Crippen LogP contribution in [0.3, 0.4) is 0 Å². The second kappa shape index (κ2) is 8.90. The molecular weight excluding hydrogens is 382 g/mol. The predicted molar refractivity (Wildman–Crippen MR) is 112 cm³/mol. The van der Waals surface area contributed by atoms with Gasteiger partial charge in [0.25, 0.3) is 17.7 Å². The van der Waals surface area contributed by atoms with Gasteiger partial charge in [-0.3, -0.25) is 24.1 Å². The van der Waals surface area contributed by atoms with Crippen molar-refractivity contribution >= 4 is 23.6 Å². The first-order valence-electron chi connectivity index (χ1n) is 9.94. The molecule has 0 saturated carbocycles. The van der Waals surface area contributed by atoms with Crippen molar-refractivity contribution in [2.75, 3.05) is 13.1 Å². The number of rotatable bonds is 7. The van der Waals surface area contributed by atoms with Crippen LogP contribution in [-0.4, -0.2) is 47.7 Å². The Labute approximate surface area is 175 Å². The molecule has 30 heavy (non-hydrogen) atoms. The molecule has 0 bridgehead atoms. The van der Waals surface area contributed by atoms with Gasteiger partial charge in [-0.25, -0.2) is 0 Å². The lowest BCUT2D eigenvalue weighted by Crippen LogP contribution is -2.49. The zero-order valence-corrected chi connectivity index (χ0v) is 17.3. The number of carbonyl (C=O) groups is 4. The smallest absolute Gasteiger partial charge is 0.262 e. The molecule has 2 N–H and O–H groups in total. The van der Waals surface area contributed by atoms with Crippen LogP contribution in [0.15, 0.2) is 48.5 Å². The molecule has 1 aliphatic heterocycles. The van der Waals surface area contributed by atoms with E-state index >= 15 is 0 Å². The van der Waals surface area contributed by atoms with Gasteiger partial charge in [0.2, 0.25) is 5.91 Å². The standard InChI is InChI=1S/C23H25N3O4/c1-14(2)16-8-10-17(11-9-16)21(28)25-13-12-24-20(27)15(3)26-22(29)18-6-4-5-7-19(18)23(26)30/h4-11,14-15H,12-13H2,1-3H3,(H,24,27)(H,25,28). The third-order valence-electron chi connectivity index (χ3n) is 5.14. The molecule has 1 atom stereocenters. The van der Waals surface area contributed by atoms with E-state index in [0.717, 1.165) is 10.5 Å². The SMILES string of the molecule is CC(C)c1ccc(C(=O)NCCNC(=O)C(C)N2C(=O)c3ccccc3C2=O)cc1. The third-order valence-corrected chi connectivity index (χ3v) is 5.14. The normalized spacial score (nSPS) is 13.9. The maximum absolute atomic E-state index is 12.5. The first-order chi connectivity index (χ1) is 14.3. The van der Waals surface area contributed by atoms with Crippen molar-refractivity contribution in [2.45, 2.75) is 32.7 Å². The quantitative estimate of drug-likeness (QED) is 0.544. The molecule has 0 aliphatic carbocycles. The van der Waals surface area contributed by atoms with Crippen molar-refractivity contribution in [1.29, 1.82) is 0 Å². The molecular formula is C23H25N3O4. The van der Waals surface area contributed by atoms with Crippen LogP contribution in [0.2, 0.25) is 0 Å². The number of fused-ring (bicyclic) bond motifs is 1. The largest absolute Gasteiger partial charge is 0.353 e. The first-order valence-corrected chi connectivity index (χ1v) is 9.94. The molecule has 0 aromatic heterocycles. The number of hydrogen-bond donors (Lipinski definition) is 2. The number of imide groups is 1. The summed E-state index contributed by atoms with van der Waals surface area (Å²) in [6, 6.07) is 12.9. The molecule has 2 aromatic carbocycles. The Kier molecular flexibility index (Phi) is 6.30. The number of benzene rings is 2. The van der Waals surface area contributed by atoms with Gasteiger partial charge in [-0.05, 0) is 42.7 Å². The lowest BCUT2D eigenvalue weighted by molar-refractivity contribution is -0.124. The van der Waals surface area contributed by atoms with Crippen LogP contribution < -0.4 is 10.6 Å². The van der Waals surface area contributed by atoms with Crippen LogP contribution in [0, 0.1) is 0 Å². The fourth-order valence-electron chi connectivity index (χ4n) is 3.31. The predicted octanol–water partition coefficient (Wildman–Crippen LogP) is 2.34. The van der Waals surface area contributed by atoms with Crippen molar-refractivity contribution in [3.8, 4) is 0 Å². The van der Waals surface area contributed by atoms with E-state index in [4.69, 9.17) is 0 Å². The van der Waals surface area contributed by atoms with Gasteiger partial charge in [-0.1, -0.05) is 38.1 Å². The maximum Gasteiger partial charge on any atom is 0.262 e. The molecule has 0 radical (unpaired) electrons. The van der Waals surface area contributed by atoms with E-state index in [2.05, 4.69) is 24.5 Å². The average Bonchev–Trinajstić information content (AvgIpc) is 3.00. The summed E-state index contributed by atoms with van der Waals surface area (Å²) in [5.41, 5.74) is 2.31. The monoisotopic (exact) mass is 407 g/mol. The van der Waals surface area contributed by atoms with Crippen LogP contribution in [0.25, 0.3) is 0 Å². The minimum absolute atomic E-state index is 0.183. The van der Waals surface area contributed by atoms with Crippen molar-refractivity contribution in [2.24, 2.45) is 0 Å². The van der Waals surface area contributed by atoms with Crippen LogP contribution in [0.5, 0.6) is 0 Å². The number of amides is 4. The molecule has 1 unspecified atom stereocenters. The van der Waals surface area contributed by atoms with Gasteiger partial charge < -0.3 is 10.6 Å². The molecule has 0 fully saturated rings. The Bertz CT molecular complexity index is 947. The zero-order chi connectivity index (χ0) is 21.8. The van der Waals surface area contributed by atoms with E-state index in [1.165, 1.54) is 6.92 Å². The summed E-state index contributed by atoms with van der Waals surface area (Å²) in [5, 5.41) is 5.40. The molecule has 0 saturated heterocycles. The van der Waals surface area contributed by atoms with Gasteiger partial charge in [0.1, 0.15) is 6.04 Å². The fourth-order valence-corrected chi connectivity index (χ4v) is 3.31. The molecule has 4 amide bonds. The molecule has 3 rings (SSSR count). The van der Waals surface area contributed by atoms with Gasteiger partial charge in [-0.2, -0.15) is 0 Å². The van der Waals surface area contributed by atoms with E-state index in [0.29, 0.717) is 22.6 Å². The summed E-state index contributed by atoms with van der Waals surface area (Å²) < 4.78 is 0. The van der Waals surface area contributed by atoms with Gasteiger partial charge in [0.05, 0.1) is 11.1 Å². The van der Waals surface area contributed by atoms with E-state index in [-0.39, 0.29) is 19.0 Å². The number of nitrogens with one attached hydrogen (secondary N) is 2. The molecule has 7 nitrogen and oxygen atoms in total. The van der Waals surface area contributed by atoms with Crippen LogP contribution in [0.1, 0.15) is 63.3 Å². The van der Waals surface area contributed by atoms with Crippen LogP contribution in [-0.2, 0) is 4.79 Å². The lowest BCUT2D eigenvalue weighted by atomic mass is 10.0. The first kappa shape index (κ1) is 21.2. The van der Waals surface area contributed by atoms with Gasteiger partial charge in [0, 0.05) is 18.7 Å². The van der Waals surface area contributed by atoms with Gasteiger partial charge in [0.15, 0.2) is 0 Å². The van der Waals surface area contributed by atoms with Crippen molar-refractivity contribution in [1.82, 2.24) is 15.5 Å². The van der Waals surface area contributed by atoms with E-state index < -0.39 is 23.8 Å². The molecule has 2 aromatic rings. The number of carbonyl (C=O) groups excluding carboxylic acids is 4. The number of nitrogens with zero attached hydrogens (tertiary/aromatic N) is 1. The molecule has 1 aliphatic rings. The highest BCUT2D eigenvalue weighted by atomic mass is 16.2. The molecule has 7 heteroatoms. The van der Waals surface area contributed by atoms with Crippen molar-refractivity contribution < 1.29 is 19.2 Å². The van der Waals surface area contributed by atoms with Gasteiger partial charge in [-0.15, -0.1) is 0 Å². The summed E-state index contributed by atoms with van der Waals surface area (Å²) in [7, 11) is 0. The fraction of sp³-hybridized carbons (Fsp3) is 0.304. The van der Waals surface area contributed by atoms with Gasteiger partial charge >= 0.3 is 0 Å². The summed E-state index contributed by atoms with van der Waals surface area (Å²) in [5.74, 6) is -1.25. The maximum atomic E-state index is 12.5. The second-order valence-corrected chi connectivity index (χ2v) is 7.53. The number of hydrogen-bond acceptors (Lipinski definition) is 4.